The maximum absolute atomic E-state index is 16.0. The fourth-order valence-corrected chi connectivity index (χ4v) is 8.05. The SMILES string of the molecule is CCOc1c(-c2cc3cc(NC4=NC5CCCC(=O)N(C6CCN(C(=O)OC(C)(C)C)CC6)CCC(=C4)C5)ncc3cc2F)cnc2c1N(C(=O)OC(C)(C)C)CCO2. The number of aromatic nitrogens is 2. The van der Waals surface area contributed by atoms with E-state index in [1.807, 2.05) is 38.7 Å². The van der Waals surface area contributed by atoms with Crippen LogP contribution in [0.4, 0.5) is 25.5 Å². The van der Waals surface area contributed by atoms with Gasteiger partial charge >= 0.3 is 12.2 Å². The monoisotopic (exact) mass is 813 g/mol. The second-order valence-corrected chi connectivity index (χ2v) is 17.5. The second kappa shape index (κ2) is 17.0. The van der Waals surface area contributed by atoms with Crippen molar-refractivity contribution < 1.29 is 37.7 Å². The van der Waals surface area contributed by atoms with E-state index in [9.17, 15) is 14.4 Å². The number of carbonyl (C=O) groups is 3. The lowest BCUT2D eigenvalue weighted by Gasteiger charge is -2.39. The first-order valence-corrected chi connectivity index (χ1v) is 20.8. The highest BCUT2D eigenvalue weighted by atomic mass is 19.1. The number of dihydropyridines is 1. The Labute approximate surface area is 345 Å². The summed E-state index contributed by atoms with van der Waals surface area (Å²) in [7, 11) is 0. The molecular formula is C44H56FN7O7. The lowest BCUT2D eigenvalue weighted by atomic mass is 9.93. The van der Waals surface area contributed by atoms with E-state index in [-0.39, 0.29) is 61.0 Å². The van der Waals surface area contributed by atoms with Gasteiger partial charge in [-0.3, -0.25) is 14.7 Å². The highest BCUT2D eigenvalue weighted by Gasteiger charge is 2.35. The fourth-order valence-electron chi connectivity index (χ4n) is 8.05. The number of benzene rings is 1. The Morgan fingerprint density at radius 1 is 0.898 bits per heavy atom. The zero-order chi connectivity index (χ0) is 42.1. The van der Waals surface area contributed by atoms with Gasteiger partial charge in [-0.2, -0.15) is 0 Å². The second-order valence-electron chi connectivity index (χ2n) is 17.5. The van der Waals surface area contributed by atoms with Crippen LogP contribution in [0, 0.1) is 5.82 Å². The number of anilines is 2. The van der Waals surface area contributed by atoms with E-state index in [0.717, 1.165) is 43.9 Å². The van der Waals surface area contributed by atoms with Gasteiger partial charge in [0, 0.05) is 61.0 Å². The van der Waals surface area contributed by atoms with E-state index in [1.165, 1.54) is 22.7 Å². The van der Waals surface area contributed by atoms with E-state index in [0.29, 0.717) is 54.3 Å². The highest BCUT2D eigenvalue weighted by molar-refractivity contribution is 6.05. The van der Waals surface area contributed by atoms with Gasteiger partial charge in [-0.05, 0) is 117 Å². The Morgan fingerprint density at radius 3 is 2.37 bits per heavy atom. The number of aliphatic imine (C=N–C) groups is 1. The molecule has 14 nitrogen and oxygen atoms in total. The Balaban J connectivity index is 1.10. The van der Waals surface area contributed by atoms with E-state index >= 15 is 4.39 Å². The molecule has 1 unspecified atom stereocenters. The number of rotatable bonds is 5. The molecule has 4 aliphatic heterocycles. The number of nitrogens with zero attached hydrogens (tertiary/aromatic N) is 6. The average molecular weight is 814 g/mol. The number of amides is 3. The van der Waals surface area contributed by atoms with Gasteiger partial charge in [0.25, 0.3) is 0 Å². The molecule has 1 N–H and O–H groups in total. The van der Waals surface area contributed by atoms with Crippen molar-refractivity contribution in [2.24, 2.45) is 4.99 Å². The molecule has 1 aromatic carbocycles. The Morgan fingerprint density at radius 2 is 1.64 bits per heavy atom. The summed E-state index contributed by atoms with van der Waals surface area (Å²) in [5.41, 5.74) is 0.814. The third kappa shape index (κ3) is 9.88. The summed E-state index contributed by atoms with van der Waals surface area (Å²) in [4.78, 5) is 58.8. The molecule has 2 saturated heterocycles. The van der Waals surface area contributed by atoms with Crippen LogP contribution in [0.5, 0.6) is 11.6 Å². The predicted octanol–water partition coefficient (Wildman–Crippen LogP) is 8.28. The molecule has 3 aromatic rings. The molecule has 3 amide bonds. The van der Waals surface area contributed by atoms with E-state index in [4.69, 9.17) is 23.9 Å². The number of hydrogen-bond acceptors (Lipinski definition) is 11. The van der Waals surface area contributed by atoms with Gasteiger partial charge < -0.3 is 34.1 Å². The Bertz CT molecular complexity index is 2150. The highest BCUT2D eigenvalue weighted by Crippen LogP contribution is 2.46. The van der Waals surface area contributed by atoms with Gasteiger partial charge in [0.2, 0.25) is 11.8 Å². The lowest BCUT2D eigenvalue weighted by Crippen LogP contribution is -2.50. The number of piperidine rings is 1. The third-order valence-corrected chi connectivity index (χ3v) is 10.7. The summed E-state index contributed by atoms with van der Waals surface area (Å²) in [5, 5.41) is 4.73. The summed E-state index contributed by atoms with van der Waals surface area (Å²) in [6.45, 7) is 15.2. The Hall–Kier alpha value is -5.47. The van der Waals surface area contributed by atoms with Gasteiger partial charge in [0.1, 0.15) is 35.3 Å². The number of fused-ring (bicyclic) bond motifs is 4. The molecule has 2 fully saturated rings. The standard InChI is InChI=1S/C44H56FN7O7/c1-8-56-39-33(26-47-40-38(39)52(18-19-57-40)42(55)59-44(5,6)7)32-22-28-24-35(46-25-29(28)23-34(32)45)49-36-21-27-12-17-51(37(53)11-9-10-30(20-27)48-36)31-13-15-50(16-14-31)41(54)58-43(2,3)4/h21-26,30-31H,8-20H2,1-7H3,(H,46,48,49). The van der Waals surface area contributed by atoms with Crippen LogP contribution in [0.1, 0.15) is 93.4 Å². The molecular weight excluding hydrogens is 758 g/mol. The van der Waals surface area contributed by atoms with Crippen LogP contribution in [0.25, 0.3) is 21.9 Å². The van der Waals surface area contributed by atoms with Crippen molar-refractivity contribution in [3.05, 3.63) is 48.1 Å². The first-order chi connectivity index (χ1) is 28.0. The van der Waals surface area contributed by atoms with Gasteiger partial charge in [0.15, 0.2) is 11.4 Å². The minimum atomic E-state index is -0.737. The van der Waals surface area contributed by atoms with Crippen LogP contribution in [-0.2, 0) is 14.3 Å². The van der Waals surface area contributed by atoms with Crippen molar-refractivity contribution >= 4 is 46.2 Å². The predicted molar refractivity (Wildman–Crippen MR) is 224 cm³/mol. The molecule has 2 aromatic heterocycles. The lowest BCUT2D eigenvalue weighted by molar-refractivity contribution is -0.134. The van der Waals surface area contributed by atoms with Gasteiger partial charge in [-0.25, -0.2) is 23.9 Å². The summed E-state index contributed by atoms with van der Waals surface area (Å²) in [6.07, 6.45) is 9.25. The minimum absolute atomic E-state index is 0.0350. The molecule has 6 heterocycles. The van der Waals surface area contributed by atoms with Crippen molar-refractivity contribution in [2.75, 3.05) is 49.6 Å². The van der Waals surface area contributed by atoms with Crippen LogP contribution in [0.3, 0.4) is 0 Å². The zero-order valence-corrected chi connectivity index (χ0v) is 35.2. The normalized spacial score (nSPS) is 19.3. The summed E-state index contributed by atoms with van der Waals surface area (Å²) < 4.78 is 39.2. The van der Waals surface area contributed by atoms with Crippen molar-refractivity contribution in [1.82, 2.24) is 19.8 Å². The number of ether oxygens (including phenoxy) is 4. The number of likely N-dealkylation sites (tertiary alicyclic amines) is 1. The average Bonchev–Trinajstić information content (AvgIpc) is 3.16. The number of carbonyl (C=O) groups excluding carboxylic acids is 3. The number of hydrogen-bond donors (Lipinski definition) is 1. The minimum Gasteiger partial charge on any atom is -0.491 e. The van der Waals surface area contributed by atoms with Crippen molar-refractivity contribution in [3.8, 4) is 22.8 Å². The molecule has 2 bridgehead atoms. The molecule has 15 heteroatoms. The maximum Gasteiger partial charge on any atom is 0.415 e. The molecule has 4 aliphatic rings. The number of nitrogens with one attached hydrogen (secondary N) is 1. The molecule has 1 atom stereocenters. The summed E-state index contributed by atoms with van der Waals surface area (Å²) in [6, 6.07) is 5.12. The van der Waals surface area contributed by atoms with Crippen LogP contribution >= 0.6 is 0 Å². The van der Waals surface area contributed by atoms with Crippen LogP contribution in [0.2, 0.25) is 0 Å². The van der Waals surface area contributed by atoms with Gasteiger partial charge in [0.05, 0.1) is 19.2 Å². The largest absolute Gasteiger partial charge is 0.491 e. The third-order valence-electron chi connectivity index (χ3n) is 10.7. The molecule has 316 valence electrons. The molecule has 0 aliphatic carbocycles. The fraction of sp³-hybridized carbons (Fsp3) is 0.545. The topological polar surface area (TPSA) is 148 Å². The van der Waals surface area contributed by atoms with Gasteiger partial charge in [-0.1, -0.05) is 5.57 Å². The summed E-state index contributed by atoms with van der Waals surface area (Å²) >= 11 is 0. The smallest absolute Gasteiger partial charge is 0.415 e. The number of halogens is 1. The quantitative estimate of drug-likeness (QED) is 0.267. The summed E-state index contributed by atoms with van der Waals surface area (Å²) in [5.74, 6) is 1.37. The molecule has 0 radical (unpaired) electrons. The first-order valence-electron chi connectivity index (χ1n) is 20.8. The van der Waals surface area contributed by atoms with Gasteiger partial charge in [-0.15, -0.1) is 0 Å². The van der Waals surface area contributed by atoms with Crippen molar-refractivity contribution in [3.63, 3.8) is 0 Å². The molecule has 0 spiro atoms. The maximum atomic E-state index is 16.0. The van der Waals surface area contributed by atoms with E-state index in [1.54, 1.807) is 37.9 Å². The van der Waals surface area contributed by atoms with Crippen LogP contribution < -0.4 is 19.7 Å². The van der Waals surface area contributed by atoms with E-state index in [2.05, 4.69) is 21.4 Å². The van der Waals surface area contributed by atoms with Crippen LogP contribution in [-0.4, -0.2) is 106 Å². The van der Waals surface area contributed by atoms with E-state index < -0.39 is 23.1 Å². The molecule has 59 heavy (non-hydrogen) atoms. The molecule has 0 saturated carbocycles. The number of pyridine rings is 2. The van der Waals surface area contributed by atoms with Crippen molar-refractivity contribution in [2.45, 2.75) is 117 Å². The molecule has 7 rings (SSSR count). The Kier molecular flexibility index (Phi) is 12.0. The van der Waals surface area contributed by atoms with Crippen molar-refractivity contribution in [1.29, 1.82) is 0 Å². The first kappa shape index (κ1) is 41.7. The van der Waals surface area contributed by atoms with Crippen LogP contribution in [0.15, 0.2) is 47.2 Å². The number of amidine groups is 1. The zero-order valence-electron chi connectivity index (χ0n) is 35.2.